The molecule has 4 aromatic rings. The smallest absolute Gasteiger partial charge is 0.250 e. The molecule has 0 bridgehead atoms. The third-order valence-corrected chi connectivity index (χ3v) is 7.03. The molecule has 0 aliphatic carbocycles. The van der Waals surface area contributed by atoms with Crippen LogP contribution in [0.2, 0.25) is 0 Å². The van der Waals surface area contributed by atoms with Crippen LogP contribution in [0.25, 0.3) is 11.3 Å². The first-order chi connectivity index (χ1) is 18.9. The van der Waals surface area contributed by atoms with Crippen LogP contribution >= 0.6 is 28.1 Å². The van der Waals surface area contributed by atoms with E-state index in [4.69, 9.17) is 26.1 Å². The molecule has 5 rings (SSSR count). The van der Waals surface area contributed by atoms with Gasteiger partial charge >= 0.3 is 0 Å². The van der Waals surface area contributed by atoms with Crippen LogP contribution in [-0.2, 0) is 9.53 Å². The Bertz CT molecular complexity index is 1520. The number of methoxy groups -OCH3 is 2. The summed E-state index contributed by atoms with van der Waals surface area (Å²) in [5, 5.41) is 6.61. The molecule has 2 aromatic heterocycles. The fraction of sp³-hybridized carbons (Fsp3) is 0.179. The van der Waals surface area contributed by atoms with Crippen LogP contribution in [0.1, 0.15) is 23.5 Å². The highest BCUT2D eigenvalue weighted by Crippen LogP contribution is 2.44. The van der Waals surface area contributed by atoms with Crippen LogP contribution in [-0.4, -0.2) is 36.8 Å². The van der Waals surface area contributed by atoms with E-state index in [2.05, 4.69) is 31.5 Å². The molecule has 0 spiro atoms. The number of aromatic nitrogens is 1. The summed E-state index contributed by atoms with van der Waals surface area (Å²) >= 11 is 9.08. The van der Waals surface area contributed by atoms with Crippen molar-refractivity contribution in [3.8, 4) is 17.1 Å². The fourth-order valence-electron chi connectivity index (χ4n) is 4.53. The van der Waals surface area contributed by atoms with Gasteiger partial charge in [0.1, 0.15) is 35.7 Å². The van der Waals surface area contributed by atoms with Gasteiger partial charge in [0.15, 0.2) is 5.11 Å². The molecule has 1 aliphatic heterocycles. The SMILES string of the molecule is COCC(=O)Nc1cc(N2C(=S)N[C@@H](c3ccccn3)[C@@H]2c2ccc(-c3ccc(Br)cc3F)o2)ccc1OC. The number of anilines is 2. The average Bonchev–Trinajstić information content (AvgIpc) is 3.54. The predicted octanol–water partition coefficient (Wildman–Crippen LogP) is 6.01. The largest absolute Gasteiger partial charge is 0.495 e. The van der Waals surface area contributed by atoms with Gasteiger partial charge in [0.2, 0.25) is 5.91 Å². The maximum atomic E-state index is 14.7. The van der Waals surface area contributed by atoms with E-state index in [0.717, 1.165) is 5.69 Å². The van der Waals surface area contributed by atoms with Crippen molar-refractivity contribution in [3.05, 3.63) is 94.7 Å². The van der Waals surface area contributed by atoms with Crippen molar-refractivity contribution in [2.24, 2.45) is 0 Å². The van der Waals surface area contributed by atoms with Crippen LogP contribution in [0.5, 0.6) is 5.75 Å². The number of carbonyl (C=O) groups is 1. The van der Waals surface area contributed by atoms with E-state index in [1.54, 1.807) is 36.5 Å². The third-order valence-electron chi connectivity index (χ3n) is 6.22. The molecule has 0 radical (unpaired) electrons. The summed E-state index contributed by atoms with van der Waals surface area (Å²) in [6.07, 6.45) is 1.71. The third kappa shape index (κ3) is 5.51. The number of furan rings is 1. The number of ether oxygens (including phenoxy) is 2. The quantitative estimate of drug-likeness (QED) is 0.234. The van der Waals surface area contributed by atoms with Gasteiger partial charge in [0, 0.05) is 23.5 Å². The lowest BCUT2D eigenvalue weighted by molar-refractivity contribution is -0.119. The highest BCUT2D eigenvalue weighted by Gasteiger charge is 2.43. The minimum atomic E-state index is -0.476. The van der Waals surface area contributed by atoms with Crippen molar-refractivity contribution in [2.45, 2.75) is 12.1 Å². The molecular weight excluding hydrogens is 587 g/mol. The number of benzene rings is 2. The molecule has 1 aliphatic rings. The Morgan fingerprint density at radius 2 is 2.03 bits per heavy atom. The standard InChI is InChI=1S/C28H24BrFN4O4S/c1-36-15-25(35)32-21-14-17(7-9-23(21)37-2)34-27(26(33-28(34)39)20-5-3-4-12-31-20)24-11-10-22(38-24)18-8-6-16(29)13-19(18)30/h3-14,26-27H,15H2,1-2H3,(H,32,35)(H,33,39)/t26-,27-/m0/s1. The van der Waals surface area contributed by atoms with E-state index < -0.39 is 11.9 Å². The van der Waals surface area contributed by atoms with Crippen molar-refractivity contribution in [1.82, 2.24) is 10.3 Å². The van der Waals surface area contributed by atoms with E-state index in [1.807, 2.05) is 35.2 Å². The number of halogens is 2. The monoisotopic (exact) mass is 610 g/mol. The summed E-state index contributed by atoms with van der Waals surface area (Å²) in [6, 6.07) is 18.5. The highest BCUT2D eigenvalue weighted by atomic mass is 79.9. The topological polar surface area (TPSA) is 88.9 Å². The Morgan fingerprint density at radius 1 is 1.18 bits per heavy atom. The first-order valence-corrected chi connectivity index (χ1v) is 13.1. The molecule has 2 aromatic carbocycles. The number of amides is 1. The van der Waals surface area contributed by atoms with Gasteiger partial charge in [-0.1, -0.05) is 22.0 Å². The number of rotatable bonds is 8. The van der Waals surface area contributed by atoms with Gasteiger partial charge in [-0.2, -0.15) is 0 Å². The van der Waals surface area contributed by atoms with Gasteiger partial charge in [-0.15, -0.1) is 0 Å². The summed E-state index contributed by atoms with van der Waals surface area (Å²) in [7, 11) is 2.97. The summed E-state index contributed by atoms with van der Waals surface area (Å²) in [5.41, 5.74) is 2.22. The van der Waals surface area contributed by atoms with Crippen molar-refractivity contribution < 1.29 is 23.1 Å². The Morgan fingerprint density at radius 3 is 2.74 bits per heavy atom. The normalized spacial score (nSPS) is 16.7. The second-order valence-corrected chi connectivity index (χ2v) is 9.99. The van der Waals surface area contributed by atoms with E-state index in [-0.39, 0.29) is 18.6 Å². The molecule has 1 amide bonds. The van der Waals surface area contributed by atoms with Crippen LogP contribution in [0.15, 0.2) is 81.8 Å². The molecule has 200 valence electrons. The maximum absolute atomic E-state index is 14.7. The van der Waals surface area contributed by atoms with Crippen molar-refractivity contribution >= 4 is 50.5 Å². The molecule has 3 heterocycles. The van der Waals surface area contributed by atoms with Gasteiger partial charge in [-0.05, 0) is 72.9 Å². The molecule has 0 saturated carbocycles. The fourth-order valence-corrected chi connectivity index (χ4v) is 5.21. The van der Waals surface area contributed by atoms with Crippen molar-refractivity contribution in [3.63, 3.8) is 0 Å². The summed E-state index contributed by atoms with van der Waals surface area (Å²) in [5.74, 6) is 0.677. The first kappa shape index (κ1) is 26.8. The molecule has 0 unspecified atom stereocenters. The van der Waals surface area contributed by atoms with E-state index in [9.17, 15) is 9.18 Å². The second-order valence-electron chi connectivity index (χ2n) is 8.69. The van der Waals surface area contributed by atoms with E-state index >= 15 is 0 Å². The summed E-state index contributed by atoms with van der Waals surface area (Å²) in [6.45, 7) is -0.108. The van der Waals surface area contributed by atoms with Crippen LogP contribution in [0.3, 0.4) is 0 Å². The Labute approximate surface area is 238 Å². The zero-order chi connectivity index (χ0) is 27.5. The zero-order valence-corrected chi connectivity index (χ0v) is 23.4. The molecule has 2 N–H and O–H groups in total. The number of thiocarbonyl (C=S) groups is 1. The Hall–Kier alpha value is -3.80. The van der Waals surface area contributed by atoms with Crippen LogP contribution in [0, 0.1) is 5.82 Å². The molecule has 2 atom stereocenters. The second kappa shape index (κ2) is 11.5. The molecular formula is C28H24BrFN4O4S. The molecule has 8 nitrogen and oxygen atoms in total. The van der Waals surface area contributed by atoms with Crippen molar-refractivity contribution in [1.29, 1.82) is 0 Å². The van der Waals surface area contributed by atoms with Gasteiger partial charge in [0.05, 0.1) is 30.1 Å². The number of carbonyl (C=O) groups excluding carboxylic acids is 1. The number of hydrogen-bond donors (Lipinski definition) is 2. The van der Waals surface area contributed by atoms with Gasteiger partial charge in [-0.25, -0.2) is 4.39 Å². The van der Waals surface area contributed by atoms with Gasteiger partial charge < -0.3 is 29.4 Å². The Kier molecular flexibility index (Phi) is 7.92. The van der Waals surface area contributed by atoms with Crippen molar-refractivity contribution in [2.75, 3.05) is 31.0 Å². The van der Waals surface area contributed by atoms with Crippen LogP contribution < -0.4 is 20.3 Å². The van der Waals surface area contributed by atoms with E-state index in [0.29, 0.717) is 43.8 Å². The molecule has 11 heteroatoms. The summed E-state index contributed by atoms with van der Waals surface area (Å²) in [4.78, 5) is 18.7. The number of hydrogen-bond acceptors (Lipinski definition) is 6. The molecule has 1 fully saturated rings. The zero-order valence-electron chi connectivity index (χ0n) is 21.0. The summed E-state index contributed by atoms with van der Waals surface area (Å²) < 4.78 is 32.0. The number of pyridine rings is 1. The lowest BCUT2D eigenvalue weighted by Crippen LogP contribution is -2.29. The average molecular weight is 611 g/mol. The number of nitrogens with one attached hydrogen (secondary N) is 2. The highest BCUT2D eigenvalue weighted by molar-refractivity contribution is 9.10. The Balaban J connectivity index is 1.59. The lowest BCUT2D eigenvalue weighted by atomic mass is 10.0. The lowest BCUT2D eigenvalue weighted by Gasteiger charge is -2.27. The van der Waals surface area contributed by atoms with Crippen LogP contribution in [0.4, 0.5) is 15.8 Å². The predicted molar refractivity (Wildman–Crippen MR) is 153 cm³/mol. The number of nitrogens with zero attached hydrogens (tertiary/aromatic N) is 2. The molecule has 39 heavy (non-hydrogen) atoms. The van der Waals surface area contributed by atoms with Gasteiger partial charge in [0.25, 0.3) is 0 Å². The maximum Gasteiger partial charge on any atom is 0.250 e. The minimum absolute atomic E-state index is 0.108. The minimum Gasteiger partial charge on any atom is -0.495 e. The molecule has 1 saturated heterocycles. The van der Waals surface area contributed by atoms with E-state index in [1.165, 1.54) is 20.3 Å². The first-order valence-electron chi connectivity index (χ1n) is 11.9. The van der Waals surface area contributed by atoms with Gasteiger partial charge in [-0.3, -0.25) is 9.78 Å².